The van der Waals surface area contributed by atoms with Crippen molar-refractivity contribution in [3.63, 3.8) is 0 Å². The van der Waals surface area contributed by atoms with Crippen LogP contribution < -0.4 is 0 Å². The summed E-state index contributed by atoms with van der Waals surface area (Å²) in [6.45, 7) is 0. The van der Waals surface area contributed by atoms with Gasteiger partial charge in [-0.1, -0.05) is 60.1 Å². The molecule has 0 spiro atoms. The Bertz CT molecular complexity index is 968. The van der Waals surface area contributed by atoms with Gasteiger partial charge in [0.25, 0.3) is 0 Å². The number of halogens is 4. The van der Waals surface area contributed by atoms with E-state index < -0.39 is 17.5 Å². The number of carbonyl (C=O) groups excluding carboxylic acids is 1. The number of nitrogens with zero attached hydrogens (tertiary/aromatic N) is 1. The monoisotopic (exact) mass is 403 g/mol. The van der Waals surface area contributed by atoms with Crippen LogP contribution in [0.2, 0.25) is 5.15 Å². The van der Waals surface area contributed by atoms with Crippen LogP contribution in [0.3, 0.4) is 0 Å². The summed E-state index contributed by atoms with van der Waals surface area (Å²) in [6.07, 6.45) is -3.40. The molecule has 0 amide bonds. The highest BCUT2D eigenvalue weighted by atomic mass is 35.5. The second-order valence-corrected chi connectivity index (χ2v) is 6.75. The first-order chi connectivity index (χ1) is 13.3. The number of hydrogen-bond acceptors (Lipinski definition) is 2. The summed E-state index contributed by atoms with van der Waals surface area (Å²) in [5.74, 6) is -0.493. The highest BCUT2D eigenvalue weighted by Gasteiger charge is 2.34. The van der Waals surface area contributed by atoms with Crippen LogP contribution in [0.25, 0.3) is 11.3 Å². The normalized spacial score (nSPS) is 11.4. The van der Waals surface area contributed by atoms with Crippen molar-refractivity contribution in [1.29, 1.82) is 0 Å². The summed E-state index contributed by atoms with van der Waals surface area (Å²) in [5.41, 5.74) is 1.54. The quantitative estimate of drug-likeness (QED) is 0.341. The molecule has 0 fully saturated rings. The number of pyridine rings is 1. The largest absolute Gasteiger partial charge is 0.417 e. The SMILES string of the molecule is O=C(CCCc1ccc(-c2cccc(Cl)n2)cc1)c1ccccc1C(F)(F)F. The van der Waals surface area contributed by atoms with Crippen LogP contribution in [-0.2, 0) is 12.6 Å². The average Bonchev–Trinajstić information content (AvgIpc) is 2.68. The van der Waals surface area contributed by atoms with Gasteiger partial charge < -0.3 is 0 Å². The molecule has 1 aromatic heterocycles. The molecule has 2 nitrogen and oxygen atoms in total. The van der Waals surface area contributed by atoms with E-state index in [0.717, 1.165) is 22.9 Å². The van der Waals surface area contributed by atoms with Crippen molar-refractivity contribution in [3.05, 3.63) is 88.6 Å². The molecule has 0 aliphatic rings. The first-order valence-corrected chi connectivity index (χ1v) is 9.14. The number of carbonyl (C=O) groups is 1. The van der Waals surface area contributed by atoms with Gasteiger partial charge in [-0.3, -0.25) is 4.79 Å². The zero-order valence-corrected chi connectivity index (χ0v) is 15.6. The number of Topliss-reactive ketones (excluding diaryl/α,β-unsaturated/α-hetero) is 1. The first kappa shape index (κ1) is 20.1. The van der Waals surface area contributed by atoms with Gasteiger partial charge in [-0.2, -0.15) is 13.2 Å². The summed E-state index contributed by atoms with van der Waals surface area (Å²) in [4.78, 5) is 16.5. The minimum Gasteiger partial charge on any atom is -0.294 e. The van der Waals surface area contributed by atoms with Gasteiger partial charge >= 0.3 is 6.18 Å². The van der Waals surface area contributed by atoms with Gasteiger partial charge in [0.2, 0.25) is 0 Å². The summed E-state index contributed by atoms with van der Waals surface area (Å²) in [5, 5.41) is 0.416. The third-order valence-corrected chi connectivity index (χ3v) is 4.58. The van der Waals surface area contributed by atoms with Gasteiger partial charge in [0, 0.05) is 17.5 Å². The molecule has 6 heteroatoms. The summed E-state index contributed by atoms with van der Waals surface area (Å²) in [7, 11) is 0. The standard InChI is InChI=1S/C22H17ClF3NO/c23-21-10-4-8-19(27-21)16-13-11-15(12-14-16)5-3-9-20(28)17-6-1-2-7-18(17)22(24,25)26/h1-2,4,6-8,10-14H,3,5,9H2. The number of ketones is 1. The zero-order valence-electron chi connectivity index (χ0n) is 14.8. The maximum Gasteiger partial charge on any atom is 0.417 e. The number of hydrogen-bond donors (Lipinski definition) is 0. The minimum absolute atomic E-state index is 0.0602. The molecule has 0 aliphatic heterocycles. The lowest BCUT2D eigenvalue weighted by Crippen LogP contribution is -2.13. The van der Waals surface area contributed by atoms with Crippen molar-refractivity contribution in [1.82, 2.24) is 4.98 Å². The number of rotatable bonds is 6. The van der Waals surface area contributed by atoms with E-state index in [-0.39, 0.29) is 12.0 Å². The number of benzene rings is 2. The van der Waals surface area contributed by atoms with Crippen LogP contribution in [0.15, 0.2) is 66.7 Å². The molecule has 0 radical (unpaired) electrons. The van der Waals surface area contributed by atoms with Crippen LogP contribution in [0.5, 0.6) is 0 Å². The van der Waals surface area contributed by atoms with E-state index in [9.17, 15) is 18.0 Å². The Morgan fingerprint density at radius 2 is 1.64 bits per heavy atom. The summed E-state index contributed by atoms with van der Waals surface area (Å²) >= 11 is 5.90. The Labute approximate surface area is 166 Å². The van der Waals surface area contributed by atoms with Crippen LogP contribution in [0.1, 0.15) is 34.3 Å². The third kappa shape index (κ3) is 4.98. The molecule has 0 saturated heterocycles. The highest BCUT2D eigenvalue weighted by molar-refractivity contribution is 6.29. The molecule has 2 aromatic carbocycles. The summed E-state index contributed by atoms with van der Waals surface area (Å²) in [6, 6.07) is 18.0. The van der Waals surface area contributed by atoms with E-state index in [4.69, 9.17) is 11.6 Å². The fourth-order valence-corrected chi connectivity index (χ4v) is 3.14. The average molecular weight is 404 g/mol. The Morgan fingerprint density at radius 3 is 2.32 bits per heavy atom. The molecule has 144 valence electrons. The number of aromatic nitrogens is 1. The molecule has 3 aromatic rings. The highest BCUT2D eigenvalue weighted by Crippen LogP contribution is 2.32. The lowest BCUT2D eigenvalue weighted by molar-refractivity contribution is -0.137. The Hall–Kier alpha value is -2.66. The molecule has 0 atom stereocenters. The Balaban J connectivity index is 1.61. The van der Waals surface area contributed by atoms with Crippen molar-refractivity contribution in [2.45, 2.75) is 25.4 Å². The smallest absolute Gasteiger partial charge is 0.294 e. The van der Waals surface area contributed by atoms with Gasteiger partial charge in [0.1, 0.15) is 5.15 Å². The summed E-state index contributed by atoms with van der Waals surface area (Å²) < 4.78 is 39.1. The molecule has 0 bridgehead atoms. The van der Waals surface area contributed by atoms with Crippen LogP contribution >= 0.6 is 11.6 Å². The predicted octanol–water partition coefficient (Wildman–Crippen LogP) is 6.63. The fraction of sp³-hybridized carbons (Fsp3) is 0.182. The van der Waals surface area contributed by atoms with Crippen LogP contribution in [0, 0.1) is 0 Å². The van der Waals surface area contributed by atoms with Crippen molar-refractivity contribution < 1.29 is 18.0 Å². The molecule has 3 rings (SSSR count). The van der Waals surface area contributed by atoms with E-state index in [2.05, 4.69) is 4.98 Å². The van der Waals surface area contributed by atoms with E-state index in [1.54, 1.807) is 6.07 Å². The van der Waals surface area contributed by atoms with Crippen molar-refractivity contribution >= 4 is 17.4 Å². The van der Waals surface area contributed by atoms with Gasteiger partial charge in [-0.05, 0) is 36.6 Å². The maximum absolute atomic E-state index is 13.0. The van der Waals surface area contributed by atoms with Gasteiger partial charge in [-0.25, -0.2) is 4.98 Å². The molecule has 0 aliphatic carbocycles. The maximum atomic E-state index is 13.0. The lowest BCUT2D eigenvalue weighted by Gasteiger charge is -2.11. The van der Waals surface area contributed by atoms with Crippen molar-refractivity contribution in [2.75, 3.05) is 0 Å². The molecule has 1 heterocycles. The van der Waals surface area contributed by atoms with Gasteiger partial charge in [-0.15, -0.1) is 0 Å². The van der Waals surface area contributed by atoms with Crippen molar-refractivity contribution in [2.24, 2.45) is 0 Å². The molecular weight excluding hydrogens is 387 g/mol. The van der Waals surface area contributed by atoms with E-state index in [1.807, 2.05) is 36.4 Å². The van der Waals surface area contributed by atoms with Gasteiger partial charge in [0.05, 0.1) is 11.3 Å². The van der Waals surface area contributed by atoms with Crippen LogP contribution in [-0.4, -0.2) is 10.8 Å². The zero-order chi connectivity index (χ0) is 20.1. The molecule has 0 N–H and O–H groups in total. The van der Waals surface area contributed by atoms with Crippen molar-refractivity contribution in [3.8, 4) is 11.3 Å². The Morgan fingerprint density at radius 1 is 0.929 bits per heavy atom. The molecule has 0 unspecified atom stereocenters. The predicted molar refractivity (Wildman–Crippen MR) is 103 cm³/mol. The topological polar surface area (TPSA) is 30.0 Å². The molecule has 0 saturated carbocycles. The van der Waals surface area contributed by atoms with Gasteiger partial charge in [0.15, 0.2) is 5.78 Å². The Kier molecular flexibility index (Phi) is 6.15. The molecular formula is C22H17ClF3NO. The van der Waals surface area contributed by atoms with E-state index in [0.29, 0.717) is 18.0 Å². The van der Waals surface area contributed by atoms with E-state index >= 15 is 0 Å². The fourth-order valence-electron chi connectivity index (χ4n) is 2.97. The third-order valence-electron chi connectivity index (χ3n) is 4.37. The van der Waals surface area contributed by atoms with Crippen LogP contribution in [0.4, 0.5) is 13.2 Å². The number of alkyl halides is 3. The second kappa shape index (κ2) is 8.57. The minimum atomic E-state index is -4.53. The molecule has 28 heavy (non-hydrogen) atoms. The first-order valence-electron chi connectivity index (χ1n) is 8.76. The van der Waals surface area contributed by atoms with E-state index in [1.165, 1.54) is 18.2 Å². The lowest BCUT2D eigenvalue weighted by atomic mass is 9.98. The second-order valence-electron chi connectivity index (χ2n) is 6.36. The number of aryl methyl sites for hydroxylation is 1.